The van der Waals surface area contributed by atoms with Crippen molar-refractivity contribution in [1.29, 1.82) is 0 Å². The number of anilines is 1. The van der Waals surface area contributed by atoms with Gasteiger partial charge in [0.25, 0.3) is 5.91 Å². The van der Waals surface area contributed by atoms with Crippen molar-refractivity contribution in [2.75, 3.05) is 38.3 Å². The van der Waals surface area contributed by atoms with E-state index in [1.54, 1.807) is 47.2 Å². The first kappa shape index (κ1) is 20.9. The molecule has 0 unspecified atom stereocenters. The van der Waals surface area contributed by atoms with Gasteiger partial charge in [0.1, 0.15) is 25.5 Å². The largest absolute Gasteiger partial charge is 0.497 e. The maximum atomic E-state index is 12.9. The molecule has 0 atom stereocenters. The Morgan fingerprint density at radius 2 is 1.93 bits per heavy atom. The second-order valence-electron chi connectivity index (χ2n) is 7.31. The summed E-state index contributed by atoms with van der Waals surface area (Å²) in [5.74, 6) is 0.385. The summed E-state index contributed by atoms with van der Waals surface area (Å²) < 4.78 is 5.14. The number of rotatable bonds is 7. The van der Waals surface area contributed by atoms with Gasteiger partial charge in [0.2, 0.25) is 11.8 Å². The molecule has 0 radical (unpaired) electrons. The molecule has 0 bridgehead atoms. The van der Waals surface area contributed by atoms with Crippen LogP contribution in [0.1, 0.15) is 23.5 Å². The molecule has 2 aromatic rings. The van der Waals surface area contributed by atoms with Crippen molar-refractivity contribution in [2.24, 2.45) is 5.92 Å². The number of carbonyl (C=O) groups excluding carboxylic acids is 3. The molecule has 7 nitrogen and oxygen atoms in total. The van der Waals surface area contributed by atoms with Gasteiger partial charge in [-0.1, -0.05) is 19.9 Å². The lowest BCUT2D eigenvalue weighted by Crippen LogP contribution is -2.44. The van der Waals surface area contributed by atoms with Crippen molar-refractivity contribution >= 4 is 34.7 Å². The predicted octanol–water partition coefficient (Wildman–Crippen LogP) is 2.69. The Labute approximate surface area is 174 Å². The zero-order valence-electron chi connectivity index (χ0n) is 16.8. The topological polar surface area (TPSA) is 70.2 Å². The number of amides is 3. The zero-order chi connectivity index (χ0) is 21.0. The number of methoxy groups -OCH3 is 1. The summed E-state index contributed by atoms with van der Waals surface area (Å²) in [6.45, 7) is 4.62. The summed E-state index contributed by atoms with van der Waals surface area (Å²) in [5.41, 5.74) is 0.708. The second-order valence-corrected chi connectivity index (χ2v) is 8.26. The van der Waals surface area contributed by atoms with Crippen molar-refractivity contribution < 1.29 is 19.1 Å². The highest BCUT2D eigenvalue weighted by molar-refractivity contribution is 7.12. The average molecular weight is 416 g/mol. The average Bonchev–Trinajstić information content (AvgIpc) is 3.36. The molecule has 8 heteroatoms. The molecule has 1 aliphatic heterocycles. The first-order chi connectivity index (χ1) is 13.9. The van der Waals surface area contributed by atoms with Crippen LogP contribution in [-0.2, 0) is 9.59 Å². The van der Waals surface area contributed by atoms with Crippen LogP contribution >= 0.6 is 11.3 Å². The molecule has 0 aliphatic carbocycles. The van der Waals surface area contributed by atoms with Crippen LogP contribution in [0.3, 0.4) is 0 Å². The maximum Gasteiger partial charge on any atom is 0.264 e. The second kappa shape index (κ2) is 9.09. The fourth-order valence-electron chi connectivity index (χ4n) is 3.18. The Morgan fingerprint density at radius 3 is 2.52 bits per heavy atom. The van der Waals surface area contributed by atoms with E-state index in [2.05, 4.69) is 0 Å². The summed E-state index contributed by atoms with van der Waals surface area (Å²) >= 11 is 1.36. The van der Waals surface area contributed by atoms with Crippen molar-refractivity contribution in [3.63, 3.8) is 0 Å². The number of nitrogens with zero attached hydrogens (tertiary/aromatic N) is 3. The smallest absolute Gasteiger partial charge is 0.264 e. The van der Waals surface area contributed by atoms with E-state index < -0.39 is 0 Å². The molecule has 0 spiro atoms. The first-order valence-corrected chi connectivity index (χ1v) is 10.3. The van der Waals surface area contributed by atoms with Gasteiger partial charge >= 0.3 is 0 Å². The van der Waals surface area contributed by atoms with E-state index in [1.165, 1.54) is 16.2 Å². The lowest BCUT2D eigenvalue weighted by atomic mass is 10.2. The number of ether oxygens (including phenoxy) is 1. The van der Waals surface area contributed by atoms with E-state index in [1.807, 2.05) is 25.3 Å². The van der Waals surface area contributed by atoms with Crippen LogP contribution in [0.5, 0.6) is 5.75 Å². The standard InChI is InChI=1S/C21H25N3O4S/c1-15(2)11-22(21(27)18-5-4-10-29-18)12-19(25)23-13-20(26)24(14-23)16-6-8-17(28-3)9-7-16/h4-10,15H,11-14H2,1-3H3. The third-order valence-corrected chi connectivity index (χ3v) is 5.46. The minimum absolute atomic E-state index is 0.00751. The van der Waals surface area contributed by atoms with E-state index in [-0.39, 0.29) is 43.4 Å². The Morgan fingerprint density at radius 1 is 1.21 bits per heavy atom. The van der Waals surface area contributed by atoms with Crippen LogP contribution in [-0.4, -0.2) is 60.9 Å². The molecule has 0 saturated carbocycles. The summed E-state index contributed by atoms with van der Waals surface area (Å²) in [7, 11) is 1.58. The van der Waals surface area contributed by atoms with Crippen molar-refractivity contribution in [3.05, 3.63) is 46.7 Å². The van der Waals surface area contributed by atoms with Gasteiger partial charge in [-0.3, -0.25) is 19.3 Å². The van der Waals surface area contributed by atoms with Crippen molar-refractivity contribution in [3.8, 4) is 5.75 Å². The van der Waals surface area contributed by atoms with Crippen LogP contribution in [0, 0.1) is 5.92 Å². The van der Waals surface area contributed by atoms with E-state index in [9.17, 15) is 14.4 Å². The van der Waals surface area contributed by atoms with Gasteiger partial charge in [-0.25, -0.2) is 0 Å². The van der Waals surface area contributed by atoms with Gasteiger partial charge in [-0.05, 0) is 41.6 Å². The minimum Gasteiger partial charge on any atom is -0.497 e. The maximum absolute atomic E-state index is 12.9. The van der Waals surface area contributed by atoms with E-state index in [0.29, 0.717) is 22.9 Å². The quantitative estimate of drug-likeness (QED) is 0.697. The molecule has 1 fully saturated rings. The molecule has 154 valence electrons. The molecule has 3 rings (SSSR count). The van der Waals surface area contributed by atoms with E-state index in [4.69, 9.17) is 4.74 Å². The third kappa shape index (κ3) is 4.95. The molecule has 29 heavy (non-hydrogen) atoms. The van der Waals surface area contributed by atoms with E-state index in [0.717, 1.165) is 0 Å². The lowest BCUT2D eigenvalue weighted by molar-refractivity contribution is -0.132. The molecular weight excluding hydrogens is 390 g/mol. The molecule has 0 N–H and O–H groups in total. The summed E-state index contributed by atoms with van der Waals surface area (Å²) in [6, 6.07) is 10.7. The highest BCUT2D eigenvalue weighted by atomic mass is 32.1. The number of thiophene rings is 1. The van der Waals surface area contributed by atoms with Gasteiger partial charge in [-0.15, -0.1) is 11.3 Å². The molecular formula is C21H25N3O4S. The fraction of sp³-hybridized carbons (Fsp3) is 0.381. The van der Waals surface area contributed by atoms with Crippen molar-refractivity contribution in [1.82, 2.24) is 9.80 Å². The Hall–Kier alpha value is -2.87. The monoisotopic (exact) mass is 415 g/mol. The fourth-order valence-corrected chi connectivity index (χ4v) is 3.87. The van der Waals surface area contributed by atoms with Gasteiger partial charge in [0, 0.05) is 12.2 Å². The Bertz CT molecular complexity index is 865. The molecule has 1 aromatic heterocycles. The summed E-state index contributed by atoms with van der Waals surface area (Å²) in [4.78, 5) is 43.3. The van der Waals surface area contributed by atoms with Crippen LogP contribution in [0.4, 0.5) is 5.69 Å². The zero-order valence-corrected chi connectivity index (χ0v) is 17.6. The SMILES string of the molecule is COc1ccc(N2CN(C(=O)CN(CC(C)C)C(=O)c3cccs3)CC2=O)cc1. The normalized spacial score (nSPS) is 13.9. The van der Waals surface area contributed by atoms with E-state index >= 15 is 0 Å². The van der Waals surface area contributed by atoms with Gasteiger partial charge in [0.05, 0.1) is 12.0 Å². The number of carbonyl (C=O) groups is 3. The van der Waals surface area contributed by atoms with Crippen LogP contribution in [0.15, 0.2) is 41.8 Å². The third-order valence-electron chi connectivity index (χ3n) is 4.61. The molecule has 1 saturated heterocycles. The molecule has 1 aliphatic rings. The Kier molecular flexibility index (Phi) is 6.53. The highest BCUT2D eigenvalue weighted by Gasteiger charge is 2.33. The van der Waals surface area contributed by atoms with Gasteiger partial charge < -0.3 is 14.5 Å². The summed E-state index contributed by atoms with van der Waals surface area (Å²) in [6.07, 6.45) is 0. The van der Waals surface area contributed by atoms with Gasteiger partial charge in [-0.2, -0.15) is 0 Å². The molecule has 3 amide bonds. The first-order valence-electron chi connectivity index (χ1n) is 9.44. The number of hydrogen-bond donors (Lipinski definition) is 0. The predicted molar refractivity (Wildman–Crippen MR) is 112 cm³/mol. The highest BCUT2D eigenvalue weighted by Crippen LogP contribution is 2.23. The summed E-state index contributed by atoms with van der Waals surface area (Å²) in [5, 5.41) is 1.84. The number of benzene rings is 1. The number of hydrogen-bond acceptors (Lipinski definition) is 5. The van der Waals surface area contributed by atoms with Crippen molar-refractivity contribution in [2.45, 2.75) is 13.8 Å². The van der Waals surface area contributed by atoms with Crippen LogP contribution in [0.2, 0.25) is 0 Å². The molecule has 2 heterocycles. The van der Waals surface area contributed by atoms with Crippen LogP contribution < -0.4 is 9.64 Å². The lowest BCUT2D eigenvalue weighted by Gasteiger charge is -2.26. The molecule has 1 aromatic carbocycles. The van der Waals surface area contributed by atoms with Gasteiger partial charge in [0.15, 0.2) is 0 Å². The Balaban J connectivity index is 1.68. The minimum atomic E-state index is -0.236. The van der Waals surface area contributed by atoms with Crippen LogP contribution in [0.25, 0.3) is 0 Å².